The zero-order valence-electron chi connectivity index (χ0n) is 13.2. The number of nitrogens with zero attached hydrogens (tertiary/aromatic N) is 1. The van der Waals surface area contributed by atoms with Crippen molar-refractivity contribution in [2.75, 3.05) is 7.11 Å². The number of amides is 1. The molecule has 2 aromatic rings. The molecule has 0 bridgehead atoms. The van der Waals surface area contributed by atoms with Crippen LogP contribution in [0, 0.1) is 0 Å². The van der Waals surface area contributed by atoms with Crippen LogP contribution in [0.15, 0.2) is 48.5 Å². The molecule has 0 saturated heterocycles. The SMILES string of the molecule is COC(=O)N(C1c2ccccc2-c2ccccc21)[C@H](C)C[C]=O. The van der Waals surface area contributed by atoms with Crippen LogP contribution >= 0.6 is 0 Å². The maximum atomic E-state index is 12.4. The Balaban J connectivity index is 2.16. The van der Waals surface area contributed by atoms with Crippen LogP contribution in [0.1, 0.15) is 30.5 Å². The van der Waals surface area contributed by atoms with Gasteiger partial charge in [-0.05, 0) is 29.2 Å². The van der Waals surface area contributed by atoms with E-state index in [4.69, 9.17) is 4.74 Å². The van der Waals surface area contributed by atoms with Gasteiger partial charge in [-0.15, -0.1) is 0 Å². The summed E-state index contributed by atoms with van der Waals surface area (Å²) in [5.41, 5.74) is 4.34. The third kappa shape index (κ3) is 2.50. The second-order valence-electron chi connectivity index (χ2n) is 5.65. The van der Waals surface area contributed by atoms with Gasteiger partial charge in [-0.2, -0.15) is 0 Å². The molecule has 0 heterocycles. The molecule has 117 valence electrons. The molecular weight excluding hydrogens is 290 g/mol. The predicted octanol–water partition coefficient (Wildman–Crippen LogP) is 3.71. The van der Waals surface area contributed by atoms with E-state index in [1.165, 1.54) is 7.11 Å². The summed E-state index contributed by atoms with van der Waals surface area (Å²) >= 11 is 0. The number of benzene rings is 2. The van der Waals surface area contributed by atoms with Crippen LogP contribution in [0.5, 0.6) is 0 Å². The van der Waals surface area contributed by atoms with Gasteiger partial charge in [0.25, 0.3) is 0 Å². The summed E-state index contributed by atoms with van der Waals surface area (Å²) in [5, 5.41) is 0. The van der Waals surface area contributed by atoms with Crippen molar-refractivity contribution in [2.24, 2.45) is 0 Å². The third-order valence-electron chi connectivity index (χ3n) is 4.32. The van der Waals surface area contributed by atoms with Gasteiger partial charge < -0.3 is 4.74 Å². The van der Waals surface area contributed by atoms with Crippen LogP contribution in [0.3, 0.4) is 0 Å². The molecule has 0 aromatic heterocycles. The number of carbonyl (C=O) groups excluding carboxylic acids is 2. The first-order valence-corrected chi connectivity index (χ1v) is 7.58. The van der Waals surface area contributed by atoms with Gasteiger partial charge >= 0.3 is 6.09 Å². The second-order valence-corrected chi connectivity index (χ2v) is 5.65. The summed E-state index contributed by atoms with van der Waals surface area (Å²) in [6.45, 7) is 1.84. The maximum absolute atomic E-state index is 12.4. The molecule has 0 N–H and O–H groups in total. The van der Waals surface area contributed by atoms with Crippen LogP contribution in [0.25, 0.3) is 11.1 Å². The zero-order chi connectivity index (χ0) is 16.4. The lowest BCUT2D eigenvalue weighted by Gasteiger charge is -2.33. The van der Waals surface area contributed by atoms with E-state index in [-0.39, 0.29) is 18.5 Å². The topological polar surface area (TPSA) is 46.6 Å². The van der Waals surface area contributed by atoms with Crippen molar-refractivity contribution >= 4 is 12.4 Å². The van der Waals surface area contributed by atoms with Crippen LogP contribution < -0.4 is 0 Å². The Morgan fingerprint density at radius 2 is 1.65 bits per heavy atom. The van der Waals surface area contributed by atoms with Crippen LogP contribution in [0.4, 0.5) is 4.79 Å². The van der Waals surface area contributed by atoms with Crippen LogP contribution in [-0.4, -0.2) is 30.4 Å². The van der Waals surface area contributed by atoms with Gasteiger partial charge in [0, 0.05) is 12.5 Å². The fourth-order valence-corrected chi connectivity index (χ4v) is 3.29. The standard InChI is InChI=1S/C19H18NO3/c1-13(11-12-21)20(19(22)23-2)18-16-9-5-3-7-14(16)15-8-4-6-10-17(15)18/h3-10,13,18H,11H2,1-2H3/t13-/m1/s1. The quantitative estimate of drug-likeness (QED) is 0.865. The molecule has 0 unspecified atom stereocenters. The van der Waals surface area contributed by atoms with E-state index in [1.807, 2.05) is 49.6 Å². The lowest BCUT2D eigenvalue weighted by Crippen LogP contribution is -2.41. The van der Waals surface area contributed by atoms with E-state index in [0.717, 1.165) is 22.3 Å². The highest BCUT2D eigenvalue weighted by molar-refractivity contribution is 5.81. The molecule has 0 fully saturated rings. The maximum Gasteiger partial charge on any atom is 0.410 e. The molecule has 2 aromatic carbocycles. The van der Waals surface area contributed by atoms with E-state index < -0.39 is 6.09 Å². The van der Waals surface area contributed by atoms with E-state index in [9.17, 15) is 9.59 Å². The molecule has 0 aliphatic heterocycles. The van der Waals surface area contributed by atoms with E-state index in [2.05, 4.69) is 12.1 Å². The van der Waals surface area contributed by atoms with Crippen LogP contribution in [-0.2, 0) is 9.53 Å². The molecule has 1 radical (unpaired) electrons. The minimum atomic E-state index is -0.441. The summed E-state index contributed by atoms with van der Waals surface area (Å²) in [6.07, 6.45) is 1.61. The van der Waals surface area contributed by atoms with Crippen molar-refractivity contribution in [1.82, 2.24) is 4.90 Å². The molecule has 1 atom stereocenters. The summed E-state index contributed by atoms with van der Waals surface area (Å²) in [5.74, 6) is 0. The Bertz CT molecular complexity index is 695. The summed E-state index contributed by atoms with van der Waals surface area (Å²) in [6, 6.07) is 15.5. The Hall–Kier alpha value is -2.62. The van der Waals surface area contributed by atoms with E-state index in [0.29, 0.717) is 0 Å². The predicted molar refractivity (Wildman–Crippen MR) is 87.7 cm³/mol. The van der Waals surface area contributed by atoms with Gasteiger partial charge in [0.1, 0.15) is 0 Å². The fourth-order valence-electron chi connectivity index (χ4n) is 3.29. The van der Waals surface area contributed by atoms with Gasteiger partial charge in [-0.25, -0.2) is 4.79 Å². The second kappa shape index (κ2) is 6.24. The number of ether oxygens (including phenoxy) is 1. The molecule has 1 aliphatic rings. The molecule has 4 nitrogen and oxygen atoms in total. The first-order chi connectivity index (χ1) is 11.2. The van der Waals surface area contributed by atoms with Gasteiger partial charge in [0.05, 0.1) is 13.2 Å². The minimum Gasteiger partial charge on any atom is -0.453 e. The lowest BCUT2D eigenvalue weighted by molar-refractivity contribution is 0.0958. The third-order valence-corrected chi connectivity index (χ3v) is 4.32. The highest BCUT2D eigenvalue weighted by atomic mass is 16.5. The molecule has 0 saturated carbocycles. The molecule has 0 spiro atoms. The van der Waals surface area contributed by atoms with Gasteiger partial charge in [-0.1, -0.05) is 48.5 Å². The van der Waals surface area contributed by atoms with Crippen molar-refractivity contribution in [1.29, 1.82) is 0 Å². The van der Waals surface area contributed by atoms with Gasteiger partial charge in [0.2, 0.25) is 6.29 Å². The highest BCUT2D eigenvalue weighted by Gasteiger charge is 2.37. The monoisotopic (exact) mass is 308 g/mol. The lowest BCUT2D eigenvalue weighted by atomic mass is 10.0. The Labute approximate surface area is 135 Å². The molecule has 1 amide bonds. The average Bonchev–Trinajstić information content (AvgIpc) is 2.90. The molecule has 3 rings (SSSR count). The number of rotatable bonds is 4. The van der Waals surface area contributed by atoms with Crippen LogP contribution in [0.2, 0.25) is 0 Å². The Morgan fingerprint density at radius 3 is 2.13 bits per heavy atom. The van der Waals surface area contributed by atoms with Gasteiger partial charge in [-0.3, -0.25) is 9.69 Å². The minimum absolute atomic E-state index is 0.149. The summed E-state index contributed by atoms with van der Waals surface area (Å²) < 4.78 is 4.98. The summed E-state index contributed by atoms with van der Waals surface area (Å²) in [4.78, 5) is 24.9. The molecule has 4 heteroatoms. The van der Waals surface area contributed by atoms with Crippen molar-refractivity contribution < 1.29 is 14.3 Å². The summed E-state index contributed by atoms with van der Waals surface area (Å²) in [7, 11) is 1.36. The average molecular weight is 308 g/mol. The Kier molecular flexibility index (Phi) is 4.15. The van der Waals surface area contributed by atoms with Crippen molar-refractivity contribution in [3.05, 3.63) is 59.7 Å². The number of hydrogen-bond donors (Lipinski definition) is 0. The first kappa shape index (κ1) is 15.3. The van der Waals surface area contributed by atoms with E-state index >= 15 is 0 Å². The normalized spacial score (nSPS) is 13.8. The van der Waals surface area contributed by atoms with E-state index in [1.54, 1.807) is 4.90 Å². The Morgan fingerprint density at radius 1 is 1.13 bits per heavy atom. The van der Waals surface area contributed by atoms with Crippen molar-refractivity contribution in [2.45, 2.75) is 25.4 Å². The molecule has 1 aliphatic carbocycles. The number of fused-ring (bicyclic) bond motifs is 3. The smallest absolute Gasteiger partial charge is 0.410 e. The number of carbonyl (C=O) groups is 1. The largest absolute Gasteiger partial charge is 0.453 e. The number of hydrogen-bond acceptors (Lipinski definition) is 3. The van der Waals surface area contributed by atoms with Gasteiger partial charge in [0.15, 0.2) is 0 Å². The number of methoxy groups -OCH3 is 1. The fraction of sp³-hybridized carbons (Fsp3) is 0.263. The highest BCUT2D eigenvalue weighted by Crippen LogP contribution is 2.47. The first-order valence-electron chi connectivity index (χ1n) is 7.58. The van der Waals surface area contributed by atoms with Crippen molar-refractivity contribution in [3.63, 3.8) is 0 Å². The molecule has 23 heavy (non-hydrogen) atoms. The molecular formula is C19H18NO3. The van der Waals surface area contributed by atoms with Crippen molar-refractivity contribution in [3.8, 4) is 11.1 Å². The zero-order valence-corrected chi connectivity index (χ0v) is 13.2.